The maximum Gasteiger partial charge on any atom is 0.166 e. The fourth-order valence-corrected chi connectivity index (χ4v) is 1.78. The minimum Gasteiger partial charge on any atom is -0.453 e. The third kappa shape index (κ3) is 4.31. The van der Waals surface area contributed by atoms with Crippen LogP contribution in [0.5, 0.6) is 11.5 Å². The summed E-state index contributed by atoms with van der Waals surface area (Å²) in [7, 11) is 0. The molecular formula is C16H19FN2O. The van der Waals surface area contributed by atoms with E-state index in [0.29, 0.717) is 18.2 Å². The summed E-state index contributed by atoms with van der Waals surface area (Å²) in [6, 6.07) is 8.50. The molecule has 1 aromatic heterocycles. The number of halogens is 1. The van der Waals surface area contributed by atoms with E-state index < -0.39 is 0 Å². The van der Waals surface area contributed by atoms with Gasteiger partial charge in [0, 0.05) is 12.7 Å². The SMILES string of the molecule is CC(C)CNCc1ccc(Oc2cccnc2)c(F)c1. The monoisotopic (exact) mass is 274 g/mol. The number of rotatable bonds is 6. The minimum atomic E-state index is -0.363. The average molecular weight is 274 g/mol. The quantitative estimate of drug-likeness (QED) is 0.871. The van der Waals surface area contributed by atoms with Gasteiger partial charge in [0.25, 0.3) is 0 Å². The number of benzene rings is 1. The van der Waals surface area contributed by atoms with Gasteiger partial charge in [0.15, 0.2) is 11.6 Å². The highest BCUT2D eigenvalue weighted by Gasteiger charge is 2.06. The molecule has 2 rings (SSSR count). The van der Waals surface area contributed by atoms with Crippen molar-refractivity contribution in [3.05, 3.63) is 54.1 Å². The first-order valence-corrected chi connectivity index (χ1v) is 6.72. The molecule has 2 aromatic rings. The van der Waals surface area contributed by atoms with Crippen LogP contribution in [0.4, 0.5) is 4.39 Å². The predicted octanol–water partition coefficient (Wildman–Crippen LogP) is 3.76. The first-order chi connectivity index (χ1) is 9.65. The number of nitrogens with one attached hydrogen (secondary N) is 1. The van der Waals surface area contributed by atoms with E-state index in [2.05, 4.69) is 24.1 Å². The van der Waals surface area contributed by atoms with E-state index in [4.69, 9.17) is 4.74 Å². The predicted molar refractivity (Wildman–Crippen MR) is 77.3 cm³/mol. The van der Waals surface area contributed by atoms with Crippen LogP contribution in [0.3, 0.4) is 0 Å². The Morgan fingerprint density at radius 3 is 2.80 bits per heavy atom. The van der Waals surface area contributed by atoms with Crippen LogP contribution in [0.2, 0.25) is 0 Å². The number of nitrogens with zero attached hydrogens (tertiary/aromatic N) is 1. The summed E-state index contributed by atoms with van der Waals surface area (Å²) in [5.41, 5.74) is 0.904. The van der Waals surface area contributed by atoms with Crippen LogP contribution in [0.15, 0.2) is 42.7 Å². The molecule has 0 spiro atoms. The van der Waals surface area contributed by atoms with Crippen molar-refractivity contribution in [1.29, 1.82) is 0 Å². The smallest absolute Gasteiger partial charge is 0.166 e. The second kappa shape index (κ2) is 7.01. The van der Waals surface area contributed by atoms with E-state index in [0.717, 1.165) is 12.1 Å². The van der Waals surface area contributed by atoms with Crippen LogP contribution < -0.4 is 10.1 Å². The molecule has 0 amide bonds. The van der Waals surface area contributed by atoms with Crippen LogP contribution in [-0.2, 0) is 6.54 Å². The van der Waals surface area contributed by atoms with Gasteiger partial charge in [0.1, 0.15) is 5.75 Å². The Morgan fingerprint density at radius 1 is 1.30 bits per heavy atom. The van der Waals surface area contributed by atoms with E-state index in [9.17, 15) is 4.39 Å². The molecule has 1 heterocycles. The fourth-order valence-electron chi connectivity index (χ4n) is 1.78. The van der Waals surface area contributed by atoms with Gasteiger partial charge in [-0.2, -0.15) is 0 Å². The summed E-state index contributed by atoms with van der Waals surface area (Å²) < 4.78 is 19.4. The molecule has 3 nitrogen and oxygen atoms in total. The summed E-state index contributed by atoms with van der Waals surface area (Å²) in [5, 5.41) is 3.28. The lowest BCUT2D eigenvalue weighted by atomic mass is 10.2. The van der Waals surface area contributed by atoms with Crippen molar-refractivity contribution in [1.82, 2.24) is 10.3 Å². The maximum atomic E-state index is 13.9. The van der Waals surface area contributed by atoms with Gasteiger partial charge in [-0.05, 0) is 42.3 Å². The Balaban J connectivity index is 1.99. The van der Waals surface area contributed by atoms with Gasteiger partial charge >= 0.3 is 0 Å². The maximum absolute atomic E-state index is 13.9. The van der Waals surface area contributed by atoms with Crippen LogP contribution in [0.25, 0.3) is 0 Å². The Morgan fingerprint density at radius 2 is 2.15 bits per heavy atom. The highest BCUT2D eigenvalue weighted by molar-refractivity contribution is 5.33. The van der Waals surface area contributed by atoms with Crippen molar-refractivity contribution in [2.45, 2.75) is 20.4 Å². The normalized spacial score (nSPS) is 10.8. The third-order valence-corrected chi connectivity index (χ3v) is 2.74. The van der Waals surface area contributed by atoms with E-state index >= 15 is 0 Å². The van der Waals surface area contributed by atoms with Gasteiger partial charge in [0.2, 0.25) is 0 Å². The lowest BCUT2D eigenvalue weighted by Gasteiger charge is -2.10. The molecule has 20 heavy (non-hydrogen) atoms. The number of hydrogen-bond donors (Lipinski definition) is 1. The highest BCUT2D eigenvalue weighted by atomic mass is 19.1. The summed E-state index contributed by atoms with van der Waals surface area (Å²) in [6.07, 6.45) is 3.20. The van der Waals surface area contributed by atoms with Crippen molar-refractivity contribution in [3.63, 3.8) is 0 Å². The number of ether oxygens (including phenoxy) is 1. The first-order valence-electron chi connectivity index (χ1n) is 6.72. The second-order valence-corrected chi connectivity index (χ2v) is 5.08. The summed E-state index contributed by atoms with van der Waals surface area (Å²) in [4.78, 5) is 3.93. The highest BCUT2D eigenvalue weighted by Crippen LogP contribution is 2.24. The topological polar surface area (TPSA) is 34.1 Å². The summed E-state index contributed by atoms with van der Waals surface area (Å²) in [6.45, 7) is 5.84. The van der Waals surface area contributed by atoms with E-state index in [1.165, 1.54) is 6.07 Å². The standard InChI is InChI=1S/C16H19FN2O/c1-12(2)9-19-10-13-5-6-16(15(17)8-13)20-14-4-3-7-18-11-14/h3-8,11-12,19H,9-10H2,1-2H3. The Kier molecular flexibility index (Phi) is 5.07. The van der Waals surface area contributed by atoms with Crippen molar-refractivity contribution < 1.29 is 9.13 Å². The van der Waals surface area contributed by atoms with Gasteiger partial charge in [0.05, 0.1) is 6.20 Å². The molecule has 1 aromatic carbocycles. The third-order valence-electron chi connectivity index (χ3n) is 2.74. The first kappa shape index (κ1) is 14.5. The molecule has 0 aliphatic heterocycles. The van der Waals surface area contributed by atoms with Crippen LogP contribution >= 0.6 is 0 Å². The van der Waals surface area contributed by atoms with E-state index in [-0.39, 0.29) is 11.6 Å². The molecule has 0 radical (unpaired) electrons. The molecule has 0 aliphatic rings. The van der Waals surface area contributed by atoms with Crippen LogP contribution in [-0.4, -0.2) is 11.5 Å². The molecule has 0 bridgehead atoms. The van der Waals surface area contributed by atoms with Crippen molar-refractivity contribution in [2.24, 2.45) is 5.92 Å². The van der Waals surface area contributed by atoms with Crippen LogP contribution in [0, 0.1) is 11.7 Å². The lowest BCUT2D eigenvalue weighted by molar-refractivity contribution is 0.439. The molecule has 0 atom stereocenters. The van der Waals surface area contributed by atoms with Crippen molar-refractivity contribution in [3.8, 4) is 11.5 Å². The Bertz CT molecular complexity index is 543. The largest absolute Gasteiger partial charge is 0.453 e. The van der Waals surface area contributed by atoms with Gasteiger partial charge < -0.3 is 10.1 Å². The van der Waals surface area contributed by atoms with E-state index in [1.807, 2.05) is 6.07 Å². The molecule has 0 fully saturated rings. The van der Waals surface area contributed by atoms with Gasteiger partial charge in [-0.15, -0.1) is 0 Å². The average Bonchev–Trinajstić information content (AvgIpc) is 2.42. The molecule has 0 unspecified atom stereocenters. The Labute approximate surface area is 118 Å². The molecule has 4 heteroatoms. The zero-order valence-corrected chi connectivity index (χ0v) is 11.8. The van der Waals surface area contributed by atoms with Crippen molar-refractivity contribution >= 4 is 0 Å². The van der Waals surface area contributed by atoms with Crippen LogP contribution in [0.1, 0.15) is 19.4 Å². The zero-order valence-electron chi connectivity index (χ0n) is 11.8. The van der Waals surface area contributed by atoms with Gasteiger partial charge in [-0.3, -0.25) is 4.98 Å². The summed E-state index contributed by atoms with van der Waals surface area (Å²) in [5.74, 6) is 0.952. The summed E-state index contributed by atoms with van der Waals surface area (Å²) >= 11 is 0. The molecule has 0 saturated heterocycles. The molecule has 0 saturated carbocycles. The zero-order chi connectivity index (χ0) is 14.4. The van der Waals surface area contributed by atoms with Gasteiger partial charge in [-0.1, -0.05) is 19.9 Å². The lowest BCUT2D eigenvalue weighted by Crippen LogP contribution is -2.18. The molecule has 0 aliphatic carbocycles. The van der Waals surface area contributed by atoms with E-state index in [1.54, 1.807) is 30.6 Å². The molecule has 1 N–H and O–H groups in total. The van der Waals surface area contributed by atoms with Crippen molar-refractivity contribution in [2.75, 3.05) is 6.54 Å². The second-order valence-electron chi connectivity index (χ2n) is 5.08. The number of aromatic nitrogens is 1. The molecular weight excluding hydrogens is 255 g/mol. The number of hydrogen-bond acceptors (Lipinski definition) is 3. The fraction of sp³-hybridized carbons (Fsp3) is 0.312. The minimum absolute atomic E-state index is 0.214. The number of pyridine rings is 1. The molecule has 106 valence electrons. The Hall–Kier alpha value is -1.94. The van der Waals surface area contributed by atoms with Gasteiger partial charge in [-0.25, -0.2) is 4.39 Å².